The summed E-state index contributed by atoms with van der Waals surface area (Å²) < 4.78 is 0. The summed E-state index contributed by atoms with van der Waals surface area (Å²) in [6, 6.07) is 26.3. The Bertz CT molecular complexity index is 1750. The van der Waals surface area contributed by atoms with E-state index >= 15 is 0 Å². The Hall–Kier alpha value is -4.76. The molecular formula is C37H41N5O4. The second kappa shape index (κ2) is 14.1. The quantitative estimate of drug-likeness (QED) is 0.217. The van der Waals surface area contributed by atoms with Gasteiger partial charge in [0.15, 0.2) is 0 Å². The number of amides is 4. The maximum atomic E-state index is 14.2. The Morgan fingerprint density at radius 2 is 1.28 bits per heavy atom. The molecule has 0 bridgehead atoms. The molecule has 2 heterocycles. The van der Waals surface area contributed by atoms with Gasteiger partial charge in [0.05, 0.1) is 5.92 Å². The van der Waals surface area contributed by atoms with E-state index in [2.05, 4.69) is 16.0 Å². The highest BCUT2D eigenvalue weighted by atomic mass is 16.2. The fourth-order valence-corrected chi connectivity index (χ4v) is 6.67. The van der Waals surface area contributed by atoms with Gasteiger partial charge in [-0.25, -0.2) is 0 Å². The number of nitrogens with two attached hydrogens (primary N) is 1. The molecule has 9 nitrogen and oxygen atoms in total. The molecule has 4 aromatic rings. The highest BCUT2D eigenvalue weighted by Gasteiger charge is 2.35. The van der Waals surface area contributed by atoms with E-state index in [9.17, 15) is 19.2 Å². The Balaban J connectivity index is 1.27. The minimum atomic E-state index is -0.893. The van der Waals surface area contributed by atoms with E-state index in [0.717, 1.165) is 45.8 Å². The largest absolute Gasteiger partial charge is 0.369 e. The van der Waals surface area contributed by atoms with Gasteiger partial charge in [-0.2, -0.15) is 0 Å². The van der Waals surface area contributed by atoms with Gasteiger partial charge in [-0.1, -0.05) is 84.9 Å². The second-order valence-electron chi connectivity index (χ2n) is 12.6. The van der Waals surface area contributed by atoms with E-state index in [4.69, 9.17) is 5.73 Å². The summed E-state index contributed by atoms with van der Waals surface area (Å²) in [6.45, 7) is 2.13. The van der Waals surface area contributed by atoms with Crippen LogP contribution in [0.25, 0.3) is 21.5 Å². The maximum Gasteiger partial charge on any atom is 0.245 e. The molecular weight excluding hydrogens is 578 g/mol. The van der Waals surface area contributed by atoms with Gasteiger partial charge in [0.2, 0.25) is 23.6 Å². The van der Waals surface area contributed by atoms with Gasteiger partial charge in [0.25, 0.3) is 0 Å². The molecule has 4 aromatic carbocycles. The predicted octanol–water partition coefficient (Wildman–Crippen LogP) is 3.08. The summed E-state index contributed by atoms with van der Waals surface area (Å²) in [5.41, 5.74) is 7.36. The van der Waals surface area contributed by atoms with Crippen LogP contribution < -0.4 is 21.7 Å². The van der Waals surface area contributed by atoms with Crippen molar-refractivity contribution in [2.75, 3.05) is 26.2 Å². The molecule has 5 N–H and O–H groups in total. The van der Waals surface area contributed by atoms with Crippen LogP contribution in [-0.4, -0.2) is 66.8 Å². The average Bonchev–Trinajstić information content (AvgIpc) is 3.59. The van der Waals surface area contributed by atoms with Crippen LogP contribution in [-0.2, 0) is 32.0 Å². The lowest BCUT2D eigenvalue weighted by atomic mass is 9.95. The van der Waals surface area contributed by atoms with Gasteiger partial charge >= 0.3 is 0 Å². The van der Waals surface area contributed by atoms with Crippen LogP contribution in [0.1, 0.15) is 30.4 Å². The first-order valence-electron chi connectivity index (χ1n) is 16.2. The number of benzene rings is 4. The molecule has 0 radical (unpaired) electrons. The Labute approximate surface area is 268 Å². The number of hydrogen-bond donors (Lipinski definition) is 4. The van der Waals surface area contributed by atoms with Crippen molar-refractivity contribution in [3.8, 4) is 0 Å². The third-order valence-electron chi connectivity index (χ3n) is 9.37. The zero-order valence-corrected chi connectivity index (χ0v) is 25.9. The minimum Gasteiger partial charge on any atom is -0.369 e. The number of primary amides is 1. The number of nitrogens with zero attached hydrogens (tertiary/aromatic N) is 1. The van der Waals surface area contributed by atoms with Crippen molar-refractivity contribution < 1.29 is 19.2 Å². The highest BCUT2D eigenvalue weighted by Crippen LogP contribution is 2.22. The van der Waals surface area contributed by atoms with Crippen LogP contribution in [0.15, 0.2) is 84.9 Å². The summed E-state index contributed by atoms with van der Waals surface area (Å²) in [6.07, 6.45) is 2.44. The Kier molecular flexibility index (Phi) is 9.59. The number of likely N-dealkylation sites (tertiary alicyclic amines) is 1. The molecule has 0 unspecified atom stereocenters. The van der Waals surface area contributed by atoms with Crippen molar-refractivity contribution in [3.05, 3.63) is 96.1 Å². The van der Waals surface area contributed by atoms with Crippen molar-refractivity contribution >= 4 is 45.2 Å². The predicted molar refractivity (Wildman–Crippen MR) is 179 cm³/mol. The molecule has 2 fully saturated rings. The molecule has 2 aliphatic rings. The van der Waals surface area contributed by atoms with E-state index in [0.29, 0.717) is 25.8 Å². The van der Waals surface area contributed by atoms with Gasteiger partial charge in [0.1, 0.15) is 12.1 Å². The van der Waals surface area contributed by atoms with Crippen molar-refractivity contribution in [3.63, 3.8) is 0 Å². The van der Waals surface area contributed by atoms with E-state index < -0.39 is 29.8 Å². The minimum absolute atomic E-state index is 0.149. The number of carbonyl (C=O) groups excluding carboxylic acids is 4. The number of carbonyl (C=O) groups is 4. The monoisotopic (exact) mass is 619 g/mol. The molecule has 6 rings (SSSR count). The first-order valence-corrected chi connectivity index (χ1v) is 16.2. The third kappa shape index (κ3) is 7.37. The van der Waals surface area contributed by atoms with E-state index in [-0.39, 0.29) is 37.1 Å². The lowest BCUT2D eigenvalue weighted by Gasteiger charge is -2.28. The molecule has 0 spiro atoms. The van der Waals surface area contributed by atoms with Crippen LogP contribution in [0.3, 0.4) is 0 Å². The number of hydrogen-bond acceptors (Lipinski definition) is 5. The summed E-state index contributed by atoms with van der Waals surface area (Å²) in [7, 11) is 0. The second-order valence-corrected chi connectivity index (χ2v) is 12.6. The summed E-state index contributed by atoms with van der Waals surface area (Å²) in [5.74, 6) is -1.85. The number of fused-ring (bicyclic) bond motifs is 2. The van der Waals surface area contributed by atoms with Crippen molar-refractivity contribution in [2.45, 2.75) is 44.2 Å². The SMILES string of the molecule is NC(=O)[C@@H]1CCN(C(=O)[C@@H](Cc2ccc3ccccc3c2)NC(=O)[C@@H](Cc2ccc3ccccc3c2)NC(=O)C2CCNCC2)C1. The zero-order valence-electron chi connectivity index (χ0n) is 25.9. The summed E-state index contributed by atoms with van der Waals surface area (Å²) in [5, 5.41) is 13.6. The van der Waals surface area contributed by atoms with Gasteiger partial charge in [-0.15, -0.1) is 0 Å². The molecule has 0 aromatic heterocycles. The van der Waals surface area contributed by atoms with Crippen LogP contribution in [0.5, 0.6) is 0 Å². The van der Waals surface area contributed by atoms with Crippen LogP contribution in [0.2, 0.25) is 0 Å². The molecule has 2 aliphatic heterocycles. The third-order valence-corrected chi connectivity index (χ3v) is 9.37. The molecule has 9 heteroatoms. The van der Waals surface area contributed by atoms with Crippen molar-refractivity contribution in [1.82, 2.24) is 20.9 Å². The standard InChI is InChI=1S/C37H41N5O4/c38-34(43)31-15-18-42(23-31)37(46)33(22-25-10-12-27-6-2-4-8-30(27)20-25)41-36(45)32(40-35(44)28-13-16-39-17-14-28)21-24-9-11-26-5-1-3-7-29(26)19-24/h1-12,19-20,28,31-33,39H,13-18,21-23H2,(H2,38,43)(H,40,44)(H,41,45)/t31-,32-,33-/m1/s1. The normalized spacial score (nSPS) is 18.3. The number of rotatable bonds is 10. The van der Waals surface area contributed by atoms with Gasteiger partial charge in [-0.3, -0.25) is 19.2 Å². The van der Waals surface area contributed by atoms with Gasteiger partial charge in [0, 0.05) is 31.8 Å². The lowest BCUT2D eigenvalue weighted by Crippen LogP contribution is -2.56. The fourth-order valence-electron chi connectivity index (χ4n) is 6.67. The smallest absolute Gasteiger partial charge is 0.245 e. The first kappa shape index (κ1) is 31.2. The zero-order chi connectivity index (χ0) is 32.0. The molecule has 3 atom stereocenters. The highest BCUT2D eigenvalue weighted by molar-refractivity contribution is 5.94. The lowest BCUT2D eigenvalue weighted by molar-refractivity contribution is -0.137. The molecule has 4 amide bonds. The van der Waals surface area contributed by atoms with E-state index in [1.54, 1.807) is 4.90 Å². The fraction of sp³-hybridized carbons (Fsp3) is 0.351. The van der Waals surface area contributed by atoms with E-state index in [1.165, 1.54) is 0 Å². The summed E-state index contributed by atoms with van der Waals surface area (Å²) >= 11 is 0. The molecule has 46 heavy (non-hydrogen) atoms. The average molecular weight is 620 g/mol. The van der Waals surface area contributed by atoms with Crippen molar-refractivity contribution in [2.24, 2.45) is 17.6 Å². The Morgan fingerprint density at radius 1 is 0.717 bits per heavy atom. The molecule has 0 aliphatic carbocycles. The Morgan fingerprint density at radius 3 is 1.85 bits per heavy atom. The topological polar surface area (TPSA) is 134 Å². The van der Waals surface area contributed by atoms with Crippen LogP contribution >= 0.6 is 0 Å². The number of piperidine rings is 1. The number of nitrogens with one attached hydrogen (secondary N) is 3. The van der Waals surface area contributed by atoms with Gasteiger partial charge < -0.3 is 26.6 Å². The van der Waals surface area contributed by atoms with Crippen LogP contribution in [0, 0.1) is 11.8 Å². The van der Waals surface area contributed by atoms with Crippen molar-refractivity contribution in [1.29, 1.82) is 0 Å². The maximum absolute atomic E-state index is 14.2. The van der Waals surface area contributed by atoms with Crippen LogP contribution in [0.4, 0.5) is 0 Å². The first-order chi connectivity index (χ1) is 22.3. The van der Waals surface area contributed by atoms with E-state index in [1.807, 2.05) is 84.9 Å². The molecule has 2 saturated heterocycles. The molecule has 238 valence electrons. The van der Waals surface area contributed by atoms with Gasteiger partial charge in [-0.05, 0) is 65.0 Å². The summed E-state index contributed by atoms with van der Waals surface area (Å²) in [4.78, 5) is 55.1. The molecule has 0 saturated carbocycles.